The Hall–Kier alpha value is -0.540. The van der Waals surface area contributed by atoms with Gasteiger partial charge in [-0.05, 0) is 44.1 Å². The van der Waals surface area contributed by atoms with E-state index in [-0.39, 0.29) is 0 Å². The van der Waals surface area contributed by atoms with Crippen LogP contribution in [0.4, 0.5) is 0 Å². The highest BCUT2D eigenvalue weighted by Gasteiger charge is 2.46. The maximum atomic E-state index is 10.6. The van der Waals surface area contributed by atoms with Crippen LogP contribution in [0.25, 0.3) is 0 Å². The normalized spacial score (nSPS) is 27.4. The van der Waals surface area contributed by atoms with Crippen LogP contribution < -0.4 is 0 Å². The molecule has 0 radical (unpaired) electrons. The molecule has 1 heterocycles. The molecule has 1 unspecified atom stereocenters. The molecule has 1 saturated carbocycles. The van der Waals surface area contributed by atoms with Gasteiger partial charge >= 0.3 is 0 Å². The van der Waals surface area contributed by atoms with Gasteiger partial charge in [0.15, 0.2) is 0 Å². The first-order valence-corrected chi connectivity index (χ1v) is 7.14. The molecule has 0 aromatic heterocycles. The standard InChI is InChI=1S/C15H26O3/c1-4-18-15(9-7-14(2,3)8-10-15)13(16)12-6-5-11-17-12/h6,13,16H,4-5,7-11H2,1-3H3. The number of hydrogen-bond acceptors (Lipinski definition) is 3. The van der Waals surface area contributed by atoms with E-state index in [1.54, 1.807) is 0 Å². The largest absolute Gasteiger partial charge is 0.495 e. The predicted octanol–water partition coefficient (Wildman–Crippen LogP) is 3.03. The third-order valence-corrected chi connectivity index (χ3v) is 4.38. The Labute approximate surface area is 110 Å². The predicted molar refractivity (Wildman–Crippen MR) is 71.3 cm³/mol. The molecule has 0 bridgehead atoms. The van der Waals surface area contributed by atoms with Crippen LogP contribution in [0.5, 0.6) is 0 Å². The van der Waals surface area contributed by atoms with E-state index in [9.17, 15) is 5.11 Å². The summed E-state index contributed by atoms with van der Waals surface area (Å²) in [5.41, 5.74) is -0.0638. The molecule has 1 aliphatic carbocycles. The van der Waals surface area contributed by atoms with Crippen molar-refractivity contribution in [2.45, 2.75) is 64.6 Å². The van der Waals surface area contributed by atoms with Crippen molar-refractivity contribution in [3.05, 3.63) is 11.8 Å². The molecule has 1 N–H and O–H groups in total. The Balaban J connectivity index is 2.12. The summed E-state index contributed by atoms with van der Waals surface area (Å²) in [6.07, 6.45) is 6.32. The molecule has 2 aliphatic rings. The van der Waals surface area contributed by atoms with E-state index in [0.29, 0.717) is 18.6 Å². The van der Waals surface area contributed by atoms with E-state index < -0.39 is 11.7 Å². The first kappa shape index (κ1) is 13.9. The third-order valence-electron chi connectivity index (χ3n) is 4.38. The Morgan fingerprint density at radius 3 is 2.50 bits per heavy atom. The molecule has 18 heavy (non-hydrogen) atoms. The van der Waals surface area contributed by atoms with Crippen molar-refractivity contribution in [1.82, 2.24) is 0 Å². The van der Waals surface area contributed by atoms with Gasteiger partial charge in [0.25, 0.3) is 0 Å². The summed E-state index contributed by atoms with van der Waals surface area (Å²) in [5, 5.41) is 10.6. The van der Waals surface area contributed by atoms with Gasteiger partial charge in [-0.2, -0.15) is 0 Å². The van der Waals surface area contributed by atoms with Gasteiger partial charge in [-0.1, -0.05) is 13.8 Å². The summed E-state index contributed by atoms with van der Waals surface area (Å²) in [6.45, 7) is 7.92. The Bertz CT molecular complexity index is 310. The van der Waals surface area contributed by atoms with E-state index in [0.717, 1.165) is 37.9 Å². The molecule has 0 aromatic carbocycles. The van der Waals surface area contributed by atoms with Gasteiger partial charge in [-0.3, -0.25) is 0 Å². The van der Waals surface area contributed by atoms with Crippen LogP contribution in [0, 0.1) is 5.41 Å². The smallest absolute Gasteiger partial charge is 0.139 e. The van der Waals surface area contributed by atoms with E-state index in [4.69, 9.17) is 9.47 Å². The number of ether oxygens (including phenoxy) is 2. The second-order valence-corrected chi connectivity index (χ2v) is 6.31. The average molecular weight is 254 g/mol. The average Bonchev–Trinajstić information content (AvgIpc) is 2.85. The lowest BCUT2D eigenvalue weighted by Gasteiger charge is -2.45. The lowest BCUT2D eigenvalue weighted by atomic mass is 9.68. The van der Waals surface area contributed by atoms with Gasteiger partial charge < -0.3 is 14.6 Å². The van der Waals surface area contributed by atoms with Crippen LogP contribution in [0.2, 0.25) is 0 Å². The van der Waals surface area contributed by atoms with Crippen molar-refractivity contribution in [3.8, 4) is 0 Å². The zero-order chi connectivity index (χ0) is 13.2. The fourth-order valence-electron chi connectivity index (χ4n) is 3.02. The Kier molecular flexibility index (Phi) is 4.02. The fourth-order valence-corrected chi connectivity index (χ4v) is 3.02. The van der Waals surface area contributed by atoms with Crippen LogP contribution in [-0.2, 0) is 9.47 Å². The summed E-state index contributed by atoms with van der Waals surface area (Å²) in [5.74, 6) is 0.725. The topological polar surface area (TPSA) is 38.7 Å². The molecule has 1 fully saturated rings. The van der Waals surface area contributed by atoms with E-state index in [1.165, 1.54) is 0 Å². The molecular weight excluding hydrogens is 228 g/mol. The fraction of sp³-hybridized carbons (Fsp3) is 0.867. The van der Waals surface area contributed by atoms with Crippen molar-refractivity contribution in [2.75, 3.05) is 13.2 Å². The lowest BCUT2D eigenvalue weighted by Crippen LogP contribution is -2.50. The minimum atomic E-state index is -0.601. The van der Waals surface area contributed by atoms with Gasteiger partial charge in [0, 0.05) is 13.0 Å². The summed E-state index contributed by atoms with van der Waals surface area (Å²) in [4.78, 5) is 0. The van der Waals surface area contributed by atoms with Crippen LogP contribution >= 0.6 is 0 Å². The first-order chi connectivity index (χ1) is 8.49. The third kappa shape index (κ3) is 2.72. The molecule has 104 valence electrons. The number of rotatable bonds is 4. The SMILES string of the molecule is CCOC1(C(O)C2=CCCO2)CCC(C)(C)CC1. The molecule has 0 aromatic rings. The molecule has 3 heteroatoms. The Morgan fingerprint density at radius 2 is 2.00 bits per heavy atom. The maximum absolute atomic E-state index is 10.6. The number of aliphatic hydroxyl groups excluding tert-OH is 1. The van der Waals surface area contributed by atoms with Crippen molar-refractivity contribution in [3.63, 3.8) is 0 Å². The summed E-state index contributed by atoms with van der Waals surface area (Å²) < 4.78 is 11.5. The zero-order valence-corrected chi connectivity index (χ0v) is 11.9. The van der Waals surface area contributed by atoms with Crippen molar-refractivity contribution >= 4 is 0 Å². The van der Waals surface area contributed by atoms with E-state index in [2.05, 4.69) is 13.8 Å². The number of aliphatic hydroxyl groups is 1. The molecule has 2 rings (SSSR count). The molecule has 0 saturated heterocycles. The molecule has 1 atom stereocenters. The lowest BCUT2D eigenvalue weighted by molar-refractivity contribution is -0.149. The number of hydrogen-bond donors (Lipinski definition) is 1. The molecule has 0 spiro atoms. The van der Waals surface area contributed by atoms with Crippen LogP contribution in [0.1, 0.15) is 52.9 Å². The van der Waals surface area contributed by atoms with Crippen LogP contribution in [-0.4, -0.2) is 30.0 Å². The molecule has 0 amide bonds. The van der Waals surface area contributed by atoms with Crippen LogP contribution in [0.15, 0.2) is 11.8 Å². The van der Waals surface area contributed by atoms with Gasteiger partial charge in [0.05, 0.1) is 6.61 Å². The summed E-state index contributed by atoms with van der Waals surface area (Å²) in [7, 11) is 0. The highest BCUT2D eigenvalue weighted by Crippen LogP contribution is 2.45. The maximum Gasteiger partial charge on any atom is 0.139 e. The van der Waals surface area contributed by atoms with E-state index >= 15 is 0 Å². The monoisotopic (exact) mass is 254 g/mol. The summed E-state index contributed by atoms with van der Waals surface area (Å²) in [6, 6.07) is 0. The Morgan fingerprint density at radius 1 is 1.33 bits per heavy atom. The van der Waals surface area contributed by atoms with Gasteiger partial charge in [0.1, 0.15) is 17.5 Å². The van der Waals surface area contributed by atoms with Gasteiger partial charge in [-0.15, -0.1) is 0 Å². The molecule has 1 aliphatic heterocycles. The zero-order valence-electron chi connectivity index (χ0n) is 11.9. The highest BCUT2D eigenvalue weighted by atomic mass is 16.5. The quantitative estimate of drug-likeness (QED) is 0.838. The summed E-state index contributed by atoms with van der Waals surface area (Å²) >= 11 is 0. The highest BCUT2D eigenvalue weighted by molar-refractivity contribution is 5.12. The first-order valence-electron chi connectivity index (χ1n) is 7.14. The molecule has 3 nitrogen and oxygen atoms in total. The van der Waals surface area contributed by atoms with Crippen LogP contribution in [0.3, 0.4) is 0 Å². The minimum Gasteiger partial charge on any atom is -0.495 e. The molecular formula is C15H26O3. The van der Waals surface area contributed by atoms with Gasteiger partial charge in [-0.25, -0.2) is 0 Å². The second-order valence-electron chi connectivity index (χ2n) is 6.31. The van der Waals surface area contributed by atoms with E-state index in [1.807, 2.05) is 13.0 Å². The second kappa shape index (κ2) is 5.22. The van der Waals surface area contributed by atoms with Gasteiger partial charge in [0.2, 0.25) is 0 Å². The van der Waals surface area contributed by atoms with Crippen molar-refractivity contribution in [2.24, 2.45) is 5.41 Å². The van der Waals surface area contributed by atoms with Crippen molar-refractivity contribution < 1.29 is 14.6 Å². The minimum absolute atomic E-state index is 0.366. The van der Waals surface area contributed by atoms with Crippen molar-refractivity contribution in [1.29, 1.82) is 0 Å².